The van der Waals surface area contributed by atoms with Gasteiger partial charge in [-0.3, -0.25) is 0 Å². The molecule has 0 saturated heterocycles. The number of ether oxygens (including phenoxy) is 3. The number of hydrogen-bond donors (Lipinski definition) is 0. The van der Waals surface area contributed by atoms with Crippen LogP contribution in [0.3, 0.4) is 0 Å². The van der Waals surface area contributed by atoms with Crippen LogP contribution in [0.2, 0.25) is 0 Å². The molecule has 0 rings (SSSR count). The van der Waals surface area contributed by atoms with Crippen molar-refractivity contribution in [2.24, 2.45) is 0 Å². The van der Waals surface area contributed by atoms with Crippen LogP contribution in [0.4, 0.5) is 0 Å². The summed E-state index contributed by atoms with van der Waals surface area (Å²) >= 11 is 0. The molecule has 0 aromatic rings. The minimum absolute atomic E-state index is 0.526. The van der Waals surface area contributed by atoms with Crippen molar-refractivity contribution in [1.29, 1.82) is 0 Å². The van der Waals surface area contributed by atoms with Gasteiger partial charge in [0.05, 0.1) is 19.8 Å². The lowest BCUT2D eigenvalue weighted by atomic mass is 10.3. The maximum atomic E-state index is 5.68. The fraction of sp³-hybridized carbons (Fsp3) is 1.00. The Bertz CT molecular complexity index is 152. The van der Waals surface area contributed by atoms with E-state index in [9.17, 15) is 0 Å². The molecule has 0 radical (unpaired) electrons. The van der Waals surface area contributed by atoms with Gasteiger partial charge in [0.25, 0.3) is 0 Å². The summed E-state index contributed by atoms with van der Waals surface area (Å²) < 4.78 is 22.5. The maximum absolute atomic E-state index is 5.68. The standard InChI is InChI=1S/C13H30O4Si/c1-4-7-10-14-13(17-18,15-11-8-5-2)16-12-9-6-3/h4-12H2,1-3,18H3. The summed E-state index contributed by atoms with van der Waals surface area (Å²) in [5.41, 5.74) is 0. The number of hydrogen-bond acceptors (Lipinski definition) is 4. The Morgan fingerprint density at radius 1 is 0.722 bits per heavy atom. The van der Waals surface area contributed by atoms with Gasteiger partial charge in [0.1, 0.15) is 0 Å². The third-order valence-electron chi connectivity index (χ3n) is 2.58. The molecule has 4 nitrogen and oxygen atoms in total. The van der Waals surface area contributed by atoms with Crippen LogP contribution < -0.4 is 0 Å². The van der Waals surface area contributed by atoms with Crippen molar-refractivity contribution < 1.29 is 18.6 Å². The zero-order valence-corrected chi connectivity index (χ0v) is 14.5. The number of rotatable bonds is 13. The maximum Gasteiger partial charge on any atom is 0.402 e. The quantitative estimate of drug-likeness (QED) is 0.294. The third-order valence-corrected chi connectivity index (χ3v) is 3.08. The van der Waals surface area contributed by atoms with E-state index in [0.717, 1.165) is 38.5 Å². The first-order valence-corrected chi connectivity index (χ1v) is 8.03. The highest BCUT2D eigenvalue weighted by Crippen LogP contribution is 2.18. The summed E-state index contributed by atoms with van der Waals surface area (Å²) in [6, 6.07) is 0. The molecule has 0 spiro atoms. The minimum atomic E-state index is -1.24. The summed E-state index contributed by atoms with van der Waals surface area (Å²) in [6.07, 6.45) is 4.97. The molecular formula is C13H30O4Si. The van der Waals surface area contributed by atoms with Crippen LogP contribution >= 0.6 is 0 Å². The fourth-order valence-electron chi connectivity index (χ4n) is 1.33. The summed E-state index contributed by atoms with van der Waals surface area (Å²) in [7, 11) is 0.526. The molecule has 0 fully saturated rings. The van der Waals surface area contributed by atoms with Crippen LogP contribution in [0.5, 0.6) is 0 Å². The lowest BCUT2D eigenvalue weighted by molar-refractivity contribution is -0.471. The Balaban J connectivity index is 4.20. The van der Waals surface area contributed by atoms with Gasteiger partial charge < -0.3 is 18.6 Å². The molecule has 110 valence electrons. The molecule has 0 bridgehead atoms. The molecule has 0 unspecified atom stereocenters. The predicted molar refractivity (Wildman–Crippen MR) is 76.3 cm³/mol. The van der Waals surface area contributed by atoms with Crippen molar-refractivity contribution in [3.63, 3.8) is 0 Å². The zero-order valence-electron chi connectivity index (χ0n) is 12.5. The van der Waals surface area contributed by atoms with Gasteiger partial charge in [-0.2, -0.15) is 0 Å². The van der Waals surface area contributed by atoms with Crippen LogP contribution in [0.15, 0.2) is 0 Å². The monoisotopic (exact) mass is 278 g/mol. The van der Waals surface area contributed by atoms with Gasteiger partial charge >= 0.3 is 6.16 Å². The molecule has 0 aliphatic carbocycles. The minimum Gasteiger partial charge on any atom is -0.357 e. The van der Waals surface area contributed by atoms with Gasteiger partial charge in [0.15, 0.2) is 10.5 Å². The lowest BCUT2D eigenvalue weighted by Crippen LogP contribution is -2.42. The molecule has 0 heterocycles. The first-order chi connectivity index (χ1) is 8.74. The summed E-state index contributed by atoms with van der Waals surface area (Å²) in [5, 5.41) is 0. The van der Waals surface area contributed by atoms with Gasteiger partial charge in [-0.25, -0.2) is 0 Å². The second-order valence-electron chi connectivity index (χ2n) is 4.31. The third kappa shape index (κ3) is 8.21. The van der Waals surface area contributed by atoms with Crippen LogP contribution in [0, 0.1) is 0 Å². The highest BCUT2D eigenvalue weighted by Gasteiger charge is 2.33. The van der Waals surface area contributed by atoms with Crippen molar-refractivity contribution in [2.45, 2.75) is 65.5 Å². The second-order valence-corrected chi connectivity index (χ2v) is 4.72. The van der Waals surface area contributed by atoms with Crippen molar-refractivity contribution in [3.05, 3.63) is 0 Å². The molecule has 0 saturated carbocycles. The van der Waals surface area contributed by atoms with Gasteiger partial charge in [-0.15, -0.1) is 0 Å². The topological polar surface area (TPSA) is 36.9 Å². The Morgan fingerprint density at radius 3 is 1.28 bits per heavy atom. The van der Waals surface area contributed by atoms with Crippen LogP contribution in [-0.4, -0.2) is 36.5 Å². The van der Waals surface area contributed by atoms with Crippen LogP contribution in [0.1, 0.15) is 59.3 Å². The van der Waals surface area contributed by atoms with Crippen molar-refractivity contribution in [1.82, 2.24) is 0 Å². The summed E-state index contributed by atoms with van der Waals surface area (Å²) in [4.78, 5) is 0. The molecule has 0 aromatic heterocycles. The van der Waals surface area contributed by atoms with E-state index in [1.54, 1.807) is 0 Å². The number of unbranched alkanes of at least 4 members (excludes halogenated alkanes) is 3. The molecule has 0 atom stereocenters. The predicted octanol–water partition coefficient (Wildman–Crippen LogP) is 2.34. The second kappa shape index (κ2) is 12.1. The summed E-state index contributed by atoms with van der Waals surface area (Å²) in [5.74, 6) is 0. The molecular weight excluding hydrogens is 248 g/mol. The smallest absolute Gasteiger partial charge is 0.357 e. The largest absolute Gasteiger partial charge is 0.402 e. The van der Waals surface area contributed by atoms with Gasteiger partial charge in [0.2, 0.25) is 0 Å². The lowest BCUT2D eigenvalue weighted by Gasteiger charge is -2.31. The van der Waals surface area contributed by atoms with Crippen LogP contribution in [-0.2, 0) is 18.6 Å². The van der Waals surface area contributed by atoms with Gasteiger partial charge in [-0.05, 0) is 19.3 Å². The first kappa shape index (κ1) is 18.1. The molecule has 0 aromatic carbocycles. The highest BCUT2D eigenvalue weighted by atomic mass is 28.2. The Labute approximate surface area is 115 Å². The zero-order chi connectivity index (χ0) is 13.7. The molecule has 18 heavy (non-hydrogen) atoms. The molecule has 0 amide bonds. The van der Waals surface area contributed by atoms with Crippen molar-refractivity contribution in [3.8, 4) is 0 Å². The fourth-order valence-corrected chi connectivity index (χ4v) is 1.68. The van der Waals surface area contributed by atoms with Crippen LogP contribution in [0.25, 0.3) is 0 Å². The van der Waals surface area contributed by atoms with Gasteiger partial charge in [0, 0.05) is 0 Å². The molecule has 5 heteroatoms. The SMILES string of the molecule is CCCCOC(O[SiH3])(OCCCC)OCCCC. The van der Waals surface area contributed by atoms with E-state index >= 15 is 0 Å². The molecule has 0 N–H and O–H groups in total. The van der Waals surface area contributed by atoms with Gasteiger partial charge in [-0.1, -0.05) is 40.0 Å². The average molecular weight is 278 g/mol. The molecule has 0 aliphatic rings. The van der Waals surface area contributed by atoms with E-state index in [2.05, 4.69) is 20.8 Å². The summed E-state index contributed by atoms with van der Waals surface area (Å²) in [6.45, 7) is 8.21. The van der Waals surface area contributed by atoms with Crippen molar-refractivity contribution in [2.75, 3.05) is 19.8 Å². The van der Waals surface area contributed by atoms with E-state index in [1.807, 2.05) is 0 Å². The normalized spacial score (nSPS) is 12.2. The Kier molecular flexibility index (Phi) is 12.1. The van der Waals surface area contributed by atoms with E-state index in [4.69, 9.17) is 18.6 Å². The van der Waals surface area contributed by atoms with E-state index in [-0.39, 0.29) is 0 Å². The molecule has 0 aliphatic heterocycles. The van der Waals surface area contributed by atoms with E-state index in [0.29, 0.717) is 30.3 Å². The first-order valence-electron chi connectivity index (χ1n) is 7.21. The highest BCUT2D eigenvalue weighted by molar-refractivity contribution is 5.98. The van der Waals surface area contributed by atoms with E-state index < -0.39 is 6.16 Å². The Morgan fingerprint density at radius 2 is 1.06 bits per heavy atom. The van der Waals surface area contributed by atoms with E-state index in [1.165, 1.54) is 0 Å². The average Bonchev–Trinajstić information content (AvgIpc) is 2.39. The Hall–Kier alpha value is 0.0569. The van der Waals surface area contributed by atoms with Crippen molar-refractivity contribution >= 4 is 10.5 Å².